The summed E-state index contributed by atoms with van der Waals surface area (Å²) in [7, 11) is 0. The van der Waals surface area contributed by atoms with Gasteiger partial charge in [-0.15, -0.1) is 0 Å². The molecule has 0 aliphatic rings. The third-order valence-electron chi connectivity index (χ3n) is 1.57. The average molecular weight is 241 g/mol. The Morgan fingerprint density at radius 3 is 2.06 bits per heavy atom. The van der Waals surface area contributed by atoms with Crippen LogP contribution in [-0.4, -0.2) is 22.7 Å². The second-order valence-corrected chi connectivity index (χ2v) is 2.56. The fourth-order valence-corrected chi connectivity index (χ4v) is 0.927. The minimum Gasteiger partial charge on any atom is -0.504 e. The maximum atomic E-state index is 11.2. The van der Waals surface area contributed by atoms with Gasteiger partial charge in [0.25, 0.3) is 5.91 Å². The molecule has 0 heterocycles. The predicted octanol–water partition coefficient (Wildman–Crippen LogP) is 2.90. The van der Waals surface area contributed by atoms with Gasteiger partial charge in [0.2, 0.25) is 0 Å². The van der Waals surface area contributed by atoms with E-state index in [9.17, 15) is 4.79 Å². The molecule has 0 unspecified atom stereocenters. The summed E-state index contributed by atoms with van der Waals surface area (Å²) in [5.41, 5.74) is 0.331. The molecule has 0 atom stereocenters. The maximum absolute atomic E-state index is 11.2. The van der Waals surface area contributed by atoms with Gasteiger partial charge in [-0.1, -0.05) is 27.7 Å². The molecule has 1 rings (SSSR count). The first kappa shape index (κ1) is 17.7. The van der Waals surface area contributed by atoms with Gasteiger partial charge in [-0.05, 0) is 25.1 Å². The molecule has 0 aliphatic carbocycles. The lowest BCUT2D eigenvalue weighted by Crippen LogP contribution is -2.22. The molecule has 0 radical (unpaired) electrons. The van der Waals surface area contributed by atoms with Gasteiger partial charge in [0, 0.05) is 12.1 Å². The van der Waals surface area contributed by atoms with Gasteiger partial charge in [-0.2, -0.15) is 0 Å². The number of carbonyl (C=O) groups excluding carboxylic acids is 1. The van der Waals surface area contributed by atoms with Crippen molar-refractivity contribution in [2.24, 2.45) is 0 Å². The fourth-order valence-electron chi connectivity index (χ4n) is 0.927. The summed E-state index contributed by atoms with van der Waals surface area (Å²) in [6.07, 6.45) is 0. The second kappa shape index (κ2) is 10.8. The zero-order valence-corrected chi connectivity index (χ0v) is 11.2. The Hall–Kier alpha value is -1.71. The van der Waals surface area contributed by atoms with Crippen molar-refractivity contribution in [1.82, 2.24) is 5.32 Å². The van der Waals surface area contributed by atoms with Crippen LogP contribution in [0.4, 0.5) is 0 Å². The molecular weight excluding hydrogens is 218 g/mol. The number of phenols is 2. The lowest BCUT2D eigenvalue weighted by Gasteiger charge is -2.03. The SMILES string of the molecule is CC.CC.CCNC(=O)c1ccc(O)c(O)c1. The number of carbonyl (C=O) groups is 1. The van der Waals surface area contributed by atoms with Crippen LogP contribution in [0.25, 0.3) is 0 Å². The van der Waals surface area contributed by atoms with Gasteiger partial charge in [0.1, 0.15) is 0 Å². The predicted molar refractivity (Wildman–Crippen MR) is 70.5 cm³/mol. The van der Waals surface area contributed by atoms with Gasteiger partial charge in [-0.3, -0.25) is 4.79 Å². The van der Waals surface area contributed by atoms with Gasteiger partial charge < -0.3 is 15.5 Å². The summed E-state index contributed by atoms with van der Waals surface area (Å²) in [5.74, 6) is -0.783. The number of rotatable bonds is 2. The third-order valence-corrected chi connectivity index (χ3v) is 1.57. The Bertz CT molecular complexity index is 324. The summed E-state index contributed by atoms with van der Waals surface area (Å²) < 4.78 is 0. The van der Waals surface area contributed by atoms with E-state index in [2.05, 4.69) is 5.32 Å². The Labute approximate surface area is 103 Å². The monoisotopic (exact) mass is 241 g/mol. The van der Waals surface area contributed by atoms with E-state index >= 15 is 0 Å². The lowest BCUT2D eigenvalue weighted by molar-refractivity contribution is 0.0955. The topological polar surface area (TPSA) is 69.6 Å². The standard InChI is InChI=1S/C9H11NO3.2C2H6/c1-2-10-9(13)6-3-4-7(11)8(12)5-6;2*1-2/h3-5,11-12H,2H2,1H3,(H,10,13);2*1-2H3. The number of aromatic hydroxyl groups is 2. The zero-order chi connectivity index (χ0) is 13.8. The van der Waals surface area contributed by atoms with E-state index in [1.807, 2.05) is 27.7 Å². The quantitative estimate of drug-likeness (QED) is 0.697. The van der Waals surface area contributed by atoms with Crippen molar-refractivity contribution in [3.63, 3.8) is 0 Å². The summed E-state index contributed by atoms with van der Waals surface area (Å²) >= 11 is 0. The van der Waals surface area contributed by atoms with Crippen molar-refractivity contribution in [1.29, 1.82) is 0 Å². The van der Waals surface area contributed by atoms with Crippen molar-refractivity contribution < 1.29 is 15.0 Å². The first-order valence-corrected chi connectivity index (χ1v) is 5.95. The zero-order valence-electron chi connectivity index (χ0n) is 11.2. The van der Waals surface area contributed by atoms with Gasteiger partial charge in [-0.25, -0.2) is 0 Å². The van der Waals surface area contributed by atoms with Crippen molar-refractivity contribution >= 4 is 5.91 Å². The number of phenolic OH excluding ortho intramolecular Hbond substituents is 2. The second-order valence-electron chi connectivity index (χ2n) is 2.56. The molecule has 4 heteroatoms. The summed E-state index contributed by atoms with van der Waals surface area (Å²) in [6, 6.07) is 3.94. The highest BCUT2D eigenvalue weighted by Gasteiger charge is 2.06. The van der Waals surface area contributed by atoms with Gasteiger partial charge in [0.15, 0.2) is 11.5 Å². The van der Waals surface area contributed by atoms with Crippen molar-refractivity contribution in [3.05, 3.63) is 23.8 Å². The van der Waals surface area contributed by atoms with E-state index in [1.54, 1.807) is 6.92 Å². The number of nitrogens with one attached hydrogen (secondary N) is 1. The molecule has 4 nitrogen and oxygen atoms in total. The first-order valence-electron chi connectivity index (χ1n) is 5.95. The van der Waals surface area contributed by atoms with Crippen molar-refractivity contribution in [2.75, 3.05) is 6.54 Å². The highest BCUT2D eigenvalue weighted by atomic mass is 16.3. The Balaban J connectivity index is 0. The first-order chi connectivity index (χ1) is 8.15. The molecular formula is C13H23NO3. The number of benzene rings is 1. The van der Waals surface area contributed by atoms with Crippen LogP contribution in [0.3, 0.4) is 0 Å². The molecule has 1 aromatic carbocycles. The number of amides is 1. The maximum Gasteiger partial charge on any atom is 0.251 e. The third kappa shape index (κ3) is 6.45. The minimum atomic E-state index is -0.288. The van der Waals surface area contributed by atoms with E-state index in [4.69, 9.17) is 10.2 Å². The van der Waals surface area contributed by atoms with E-state index < -0.39 is 0 Å². The van der Waals surface area contributed by atoms with E-state index in [0.717, 1.165) is 0 Å². The normalized spacial score (nSPS) is 8.06. The summed E-state index contributed by atoms with van der Waals surface area (Å²) in [6.45, 7) is 10.3. The molecule has 3 N–H and O–H groups in total. The van der Waals surface area contributed by atoms with Crippen LogP contribution in [-0.2, 0) is 0 Å². The van der Waals surface area contributed by atoms with Crippen LogP contribution < -0.4 is 5.32 Å². The molecule has 0 saturated heterocycles. The molecule has 0 aromatic heterocycles. The number of hydrogen-bond acceptors (Lipinski definition) is 3. The lowest BCUT2D eigenvalue weighted by atomic mass is 10.2. The smallest absolute Gasteiger partial charge is 0.251 e. The van der Waals surface area contributed by atoms with Gasteiger partial charge in [0.05, 0.1) is 0 Å². The Morgan fingerprint density at radius 2 is 1.65 bits per heavy atom. The van der Waals surface area contributed by atoms with E-state index in [0.29, 0.717) is 12.1 Å². The molecule has 0 spiro atoms. The van der Waals surface area contributed by atoms with Gasteiger partial charge >= 0.3 is 0 Å². The molecule has 0 aliphatic heterocycles. The molecule has 1 amide bonds. The highest BCUT2D eigenvalue weighted by Crippen LogP contribution is 2.24. The molecule has 1 aromatic rings. The van der Waals surface area contributed by atoms with Crippen LogP contribution in [0.5, 0.6) is 11.5 Å². The fraction of sp³-hybridized carbons (Fsp3) is 0.462. The van der Waals surface area contributed by atoms with Crippen LogP contribution >= 0.6 is 0 Å². The molecule has 0 bridgehead atoms. The van der Waals surface area contributed by atoms with E-state index in [-0.39, 0.29) is 17.4 Å². The minimum absolute atomic E-state index is 0.229. The van der Waals surface area contributed by atoms with Crippen LogP contribution in [0.15, 0.2) is 18.2 Å². The van der Waals surface area contributed by atoms with Crippen molar-refractivity contribution in [2.45, 2.75) is 34.6 Å². The molecule has 0 saturated carbocycles. The Kier molecular flexibility index (Phi) is 11.2. The summed E-state index contributed by atoms with van der Waals surface area (Å²) in [5, 5.41) is 20.6. The highest BCUT2D eigenvalue weighted by molar-refractivity contribution is 5.94. The largest absolute Gasteiger partial charge is 0.504 e. The number of hydrogen-bond donors (Lipinski definition) is 3. The molecule has 0 fully saturated rings. The van der Waals surface area contributed by atoms with Crippen LogP contribution in [0.2, 0.25) is 0 Å². The van der Waals surface area contributed by atoms with Crippen LogP contribution in [0, 0.1) is 0 Å². The van der Waals surface area contributed by atoms with Crippen molar-refractivity contribution in [3.8, 4) is 11.5 Å². The average Bonchev–Trinajstić information content (AvgIpc) is 2.38. The summed E-state index contributed by atoms with van der Waals surface area (Å²) in [4.78, 5) is 11.2. The van der Waals surface area contributed by atoms with Crippen LogP contribution in [0.1, 0.15) is 45.0 Å². The van der Waals surface area contributed by atoms with E-state index in [1.165, 1.54) is 18.2 Å². The molecule has 17 heavy (non-hydrogen) atoms. The Morgan fingerprint density at radius 1 is 1.12 bits per heavy atom. The molecule has 98 valence electrons.